The average molecular weight is 546 g/mol. The van der Waals surface area contributed by atoms with Crippen molar-refractivity contribution in [2.45, 2.75) is 56.8 Å². The molecule has 0 saturated heterocycles. The van der Waals surface area contributed by atoms with Gasteiger partial charge in [0.15, 0.2) is 11.4 Å². The second-order valence-corrected chi connectivity index (χ2v) is 11.4. The van der Waals surface area contributed by atoms with Crippen LogP contribution in [-0.2, 0) is 27.3 Å². The summed E-state index contributed by atoms with van der Waals surface area (Å²) in [6, 6.07) is 0.831. The van der Waals surface area contributed by atoms with E-state index in [0.29, 0.717) is 28.7 Å². The molecule has 0 heterocycles. The molecule has 1 aromatic rings. The number of hydrogen-bond donors (Lipinski definition) is 5. The number of amides is 1. The number of halogens is 1. The lowest BCUT2D eigenvalue weighted by Crippen LogP contribution is -2.65. The summed E-state index contributed by atoms with van der Waals surface area (Å²) in [4.78, 5) is 42.8. The van der Waals surface area contributed by atoms with E-state index in [-0.39, 0.29) is 29.7 Å². The number of phenols is 1. The van der Waals surface area contributed by atoms with Crippen molar-refractivity contribution in [1.29, 1.82) is 0 Å². The summed E-state index contributed by atoms with van der Waals surface area (Å²) in [5.41, 5.74) is 2.86. The molecule has 0 aliphatic heterocycles. The number of aromatic hydroxyl groups is 1. The van der Waals surface area contributed by atoms with Crippen molar-refractivity contribution >= 4 is 34.8 Å². The van der Waals surface area contributed by atoms with Crippen LogP contribution in [0.2, 0.25) is 5.02 Å². The van der Waals surface area contributed by atoms with Crippen LogP contribution in [0.15, 0.2) is 23.0 Å². The number of nitrogens with two attached hydrogens (primary N) is 1. The zero-order chi connectivity index (χ0) is 27.8. The van der Waals surface area contributed by atoms with Gasteiger partial charge in [-0.1, -0.05) is 18.5 Å². The van der Waals surface area contributed by atoms with Crippen molar-refractivity contribution in [3.8, 4) is 5.75 Å². The minimum atomic E-state index is -2.66. The molecule has 1 amide bonds. The Morgan fingerprint density at radius 1 is 1.21 bits per heavy atom. The number of ketones is 2. The predicted molar refractivity (Wildman–Crippen MR) is 138 cm³/mol. The number of likely N-dealkylation sites (N-methyl/N-ethyl adjacent to an activating group) is 1. The second-order valence-electron chi connectivity index (χ2n) is 11.0. The Bertz CT molecular complexity index is 1330. The number of hydrogen-bond acceptors (Lipinski definition) is 9. The number of Topliss-reactive ketones (excluding diaryl/α,β-unsaturated/α-hetero) is 2. The van der Waals surface area contributed by atoms with E-state index in [2.05, 4.69) is 11.8 Å². The van der Waals surface area contributed by atoms with Crippen LogP contribution in [0.5, 0.6) is 5.75 Å². The molecule has 0 aromatic heterocycles. The molecule has 0 unspecified atom stereocenters. The summed E-state index contributed by atoms with van der Waals surface area (Å²) >= 11 is 6.83. The highest BCUT2D eigenvalue weighted by Gasteiger charge is 2.64. The molecular weight excluding hydrogens is 514 g/mol. The first kappa shape index (κ1) is 26.7. The molecule has 1 aromatic carbocycles. The van der Waals surface area contributed by atoms with E-state index in [0.717, 1.165) is 19.4 Å². The number of primary amides is 1. The molecule has 2 saturated carbocycles. The summed E-state index contributed by atoms with van der Waals surface area (Å²) in [5.74, 6) is -6.76. The van der Waals surface area contributed by atoms with Crippen LogP contribution in [0.1, 0.15) is 42.9 Å². The third-order valence-corrected chi connectivity index (χ3v) is 9.04. The van der Waals surface area contributed by atoms with Gasteiger partial charge in [-0.15, -0.1) is 0 Å². The average Bonchev–Trinajstić information content (AvgIpc) is 3.67. The molecule has 0 bridgehead atoms. The van der Waals surface area contributed by atoms with Crippen LogP contribution >= 0.6 is 11.6 Å². The highest BCUT2D eigenvalue weighted by Crippen LogP contribution is 2.53. The maximum absolute atomic E-state index is 13.9. The number of phenolic OH excluding ortho intramolecular Hbond substituents is 1. The molecule has 2 fully saturated rings. The van der Waals surface area contributed by atoms with Crippen molar-refractivity contribution in [1.82, 2.24) is 9.80 Å². The van der Waals surface area contributed by atoms with Gasteiger partial charge in [0, 0.05) is 29.1 Å². The number of aliphatic hydroxyl groups excluding tert-OH is 2. The van der Waals surface area contributed by atoms with Crippen molar-refractivity contribution in [3.63, 3.8) is 0 Å². The van der Waals surface area contributed by atoms with Gasteiger partial charge in [0.2, 0.25) is 5.78 Å². The summed E-state index contributed by atoms with van der Waals surface area (Å²) in [6.07, 6.45) is 2.41. The first-order valence-corrected chi connectivity index (χ1v) is 13.1. The zero-order valence-electron chi connectivity index (χ0n) is 21.5. The summed E-state index contributed by atoms with van der Waals surface area (Å²) in [7, 11) is 3.13. The van der Waals surface area contributed by atoms with Gasteiger partial charge >= 0.3 is 0 Å². The van der Waals surface area contributed by atoms with E-state index in [4.69, 9.17) is 17.3 Å². The van der Waals surface area contributed by atoms with Crippen molar-refractivity contribution in [2.75, 3.05) is 20.6 Å². The van der Waals surface area contributed by atoms with E-state index >= 15 is 0 Å². The predicted octanol–water partition coefficient (Wildman–Crippen LogP) is 1.60. The van der Waals surface area contributed by atoms with Crippen molar-refractivity contribution in [2.24, 2.45) is 17.6 Å². The lowest BCUT2D eigenvalue weighted by atomic mass is 9.57. The topological polar surface area (TPSA) is 165 Å². The standard InChI is InChI=1S/C27H32ClN3O7/c1-4-31(13-5-6-13)10-12-9-16(32)18-14(20(12)28)7-11-8-15-21(30(2)3)23(34)19(26(29)37)25(36)27(15,38)24(35)17(11)22(18)33/h9,11,13,15,21,32-33,36,38H,4-8,10H2,1-3H3,(H2,29,37)/t11-,15-,21-,27-/m0/s1. The third-order valence-electron chi connectivity index (χ3n) is 8.57. The summed E-state index contributed by atoms with van der Waals surface area (Å²) < 4.78 is 0. The summed E-state index contributed by atoms with van der Waals surface area (Å²) in [6.45, 7) is 3.39. The number of aliphatic hydroxyl groups is 3. The monoisotopic (exact) mass is 545 g/mol. The maximum Gasteiger partial charge on any atom is 0.255 e. The van der Waals surface area contributed by atoms with Gasteiger partial charge in [-0.3, -0.25) is 24.2 Å². The smallest absolute Gasteiger partial charge is 0.255 e. The van der Waals surface area contributed by atoms with Gasteiger partial charge in [-0.05, 0) is 69.4 Å². The van der Waals surface area contributed by atoms with E-state index in [1.54, 1.807) is 14.1 Å². The second kappa shape index (κ2) is 9.08. The van der Waals surface area contributed by atoms with Gasteiger partial charge in [0.05, 0.1) is 11.6 Å². The van der Waals surface area contributed by atoms with Crippen LogP contribution in [0.3, 0.4) is 0 Å². The SMILES string of the molecule is CCN(Cc1cc(O)c2c(c1Cl)C[C@H]1C[C@H]3[C@H](N(C)C)C(=O)C(C(N)=O)=C(O)[C@@]3(O)C(=O)C1=C2O)C1CC1. The fraction of sp³-hybridized carbons (Fsp3) is 0.519. The Morgan fingerprint density at radius 2 is 1.87 bits per heavy atom. The molecule has 5 rings (SSSR count). The Morgan fingerprint density at radius 3 is 2.42 bits per heavy atom. The fourth-order valence-electron chi connectivity index (χ4n) is 6.62. The van der Waals surface area contributed by atoms with Gasteiger partial charge in [0.25, 0.3) is 5.91 Å². The Kier molecular flexibility index (Phi) is 6.38. The normalized spacial score (nSPS) is 29.1. The first-order valence-electron chi connectivity index (χ1n) is 12.8. The fourth-order valence-corrected chi connectivity index (χ4v) is 6.91. The minimum Gasteiger partial charge on any atom is -0.508 e. The summed E-state index contributed by atoms with van der Waals surface area (Å²) in [5, 5.41) is 45.2. The number of nitrogens with zero attached hydrogens (tertiary/aromatic N) is 2. The van der Waals surface area contributed by atoms with E-state index in [9.17, 15) is 34.8 Å². The number of rotatable bonds is 6. The minimum absolute atomic E-state index is 0.00418. The molecule has 4 atom stereocenters. The van der Waals surface area contributed by atoms with Gasteiger partial charge in [0.1, 0.15) is 22.8 Å². The maximum atomic E-state index is 13.9. The Balaban J connectivity index is 1.65. The number of fused-ring (bicyclic) bond motifs is 3. The molecule has 10 nitrogen and oxygen atoms in total. The van der Waals surface area contributed by atoms with Gasteiger partial charge in [-0.2, -0.15) is 0 Å². The lowest BCUT2D eigenvalue weighted by Gasteiger charge is -2.50. The van der Waals surface area contributed by atoms with Crippen LogP contribution in [-0.4, -0.2) is 86.0 Å². The Hall–Kier alpha value is -2.92. The first-order chi connectivity index (χ1) is 17.8. The van der Waals surface area contributed by atoms with Crippen LogP contribution in [0.25, 0.3) is 5.76 Å². The molecule has 11 heteroatoms. The lowest BCUT2D eigenvalue weighted by molar-refractivity contribution is -0.153. The molecule has 38 heavy (non-hydrogen) atoms. The third kappa shape index (κ3) is 3.69. The highest BCUT2D eigenvalue weighted by atomic mass is 35.5. The van der Waals surface area contributed by atoms with E-state index in [1.807, 2.05) is 0 Å². The molecule has 4 aliphatic rings. The van der Waals surface area contributed by atoms with Crippen LogP contribution in [0, 0.1) is 11.8 Å². The number of carbonyl (C=O) groups excluding carboxylic acids is 3. The van der Waals surface area contributed by atoms with Gasteiger partial charge in [-0.25, -0.2) is 0 Å². The van der Waals surface area contributed by atoms with Gasteiger partial charge < -0.3 is 26.2 Å². The van der Waals surface area contributed by atoms with Crippen molar-refractivity contribution < 1.29 is 34.8 Å². The van der Waals surface area contributed by atoms with Crippen LogP contribution < -0.4 is 5.73 Å². The Labute approximate surface area is 225 Å². The highest BCUT2D eigenvalue weighted by molar-refractivity contribution is 6.32. The van der Waals surface area contributed by atoms with E-state index in [1.165, 1.54) is 11.0 Å². The zero-order valence-corrected chi connectivity index (χ0v) is 22.2. The molecule has 6 N–H and O–H groups in total. The van der Waals surface area contributed by atoms with Crippen molar-refractivity contribution in [3.05, 3.63) is 44.7 Å². The molecule has 0 radical (unpaired) electrons. The molecule has 0 spiro atoms. The van der Waals surface area contributed by atoms with Crippen LogP contribution in [0.4, 0.5) is 0 Å². The largest absolute Gasteiger partial charge is 0.508 e. The molecular formula is C27H32ClN3O7. The van der Waals surface area contributed by atoms with E-state index < -0.39 is 58.0 Å². The molecule has 204 valence electrons. The quantitative estimate of drug-likeness (QED) is 0.334. The number of benzene rings is 1. The molecule has 4 aliphatic carbocycles. The number of carbonyl (C=O) groups is 3.